The van der Waals surface area contributed by atoms with Crippen LogP contribution in [0.25, 0.3) is 10.4 Å². The van der Waals surface area contributed by atoms with Crippen molar-refractivity contribution in [3.63, 3.8) is 0 Å². The van der Waals surface area contributed by atoms with Crippen LogP contribution in [0.1, 0.15) is 31.5 Å². The number of rotatable bonds is 5. The van der Waals surface area contributed by atoms with Gasteiger partial charge in [0.05, 0.1) is 21.2 Å². The number of nitrogens with one attached hydrogen (secondary N) is 1. The van der Waals surface area contributed by atoms with E-state index in [4.69, 9.17) is 0 Å². The van der Waals surface area contributed by atoms with Crippen molar-refractivity contribution in [2.24, 2.45) is 0 Å². The molecule has 1 aromatic heterocycles. The molecule has 3 aromatic rings. The molecule has 0 saturated heterocycles. The Balaban J connectivity index is 1.73. The van der Waals surface area contributed by atoms with E-state index in [0.717, 1.165) is 46.6 Å². The van der Waals surface area contributed by atoms with E-state index in [1.807, 2.05) is 25.1 Å². The largest absolute Gasteiger partial charge is 0.302 e. The first-order valence-electron chi connectivity index (χ1n) is 9.88. The van der Waals surface area contributed by atoms with E-state index in [9.17, 15) is 13.2 Å². The third kappa shape index (κ3) is 3.85. The first kappa shape index (κ1) is 20.6. The summed E-state index contributed by atoms with van der Waals surface area (Å²) in [6, 6.07) is 14.5. The molecule has 0 atom stereocenters. The molecule has 1 aliphatic rings. The summed E-state index contributed by atoms with van der Waals surface area (Å²) >= 11 is 1.44. The highest BCUT2D eigenvalue weighted by atomic mass is 32.2. The number of sulfonamides is 1. The van der Waals surface area contributed by atoms with Gasteiger partial charge in [0.25, 0.3) is 10.0 Å². The van der Waals surface area contributed by atoms with Crippen LogP contribution in [-0.4, -0.2) is 25.9 Å². The Morgan fingerprint density at radius 3 is 2.67 bits per heavy atom. The van der Waals surface area contributed by atoms with Gasteiger partial charge < -0.3 is 5.32 Å². The summed E-state index contributed by atoms with van der Waals surface area (Å²) in [6.07, 6.45) is 2.34. The van der Waals surface area contributed by atoms with Gasteiger partial charge in [-0.15, -0.1) is 0 Å². The minimum absolute atomic E-state index is 0.148. The number of nitrogens with zero attached hydrogens (tertiary/aromatic N) is 2. The van der Waals surface area contributed by atoms with Gasteiger partial charge in [-0.2, -0.15) is 0 Å². The maximum Gasteiger partial charge on any atom is 0.264 e. The van der Waals surface area contributed by atoms with Gasteiger partial charge in [-0.05, 0) is 54.7 Å². The van der Waals surface area contributed by atoms with Gasteiger partial charge in [-0.25, -0.2) is 13.4 Å². The number of aromatic nitrogens is 1. The first-order valence-corrected chi connectivity index (χ1v) is 12.1. The van der Waals surface area contributed by atoms with Crippen LogP contribution in [0.15, 0.2) is 53.4 Å². The van der Waals surface area contributed by atoms with Crippen LogP contribution in [-0.2, 0) is 27.7 Å². The number of hydrogen-bond acceptors (Lipinski definition) is 5. The van der Waals surface area contributed by atoms with Crippen LogP contribution in [0.3, 0.4) is 0 Å². The minimum atomic E-state index is -3.60. The average molecular weight is 442 g/mol. The fraction of sp³-hybridized carbons (Fsp3) is 0.273. The number of amides is 1. The molecular formula is C22H23N3O3S2. The van der Waals surface area contributed by atoms with Gasteiger partial charge >= 0.3 is 0 Å². The Labute approximate surface area is 180 Å². The number of hydrogen-bond donors (Lipinski definition) is 1. The molecule has 1 amide bonds. The van der Waals surface area contributed by atoms with Crippen molar-refractivity contribution < 1.29 is 13.2 Å². The lowest BCUT2D eigenvalue weighted by atomic mass is 9.99. The van der Waals surface area contributed by atoms with Gasteiger partial charge in [0.1, 0.15) is 0 Å². The monoisotopic (exact) mass is 441 g/mol. The maximum atomic E-state index is 13.2. The maximum absolute atomic E-state index is 13.2. The second-order valence-corrected chi connectivity index (χ2v) is 10.0. The molecule has 0 aliphatic carbocycles. The number of anilines is 2. The van der Waals surface area contributed by atoms with E-state index in [1.165, 1.54) is 22.6 Å². The summed E-state index contributed by atoms with van der Waals surface area (Å²) in [7, 11) is -3.60. The predicted octanol–water partition coefficient (Wildman–Crippen LogP) is 4.47. The summed E-state index contributed by atoms with van der Waals surface area (Å²) in [5.74, 6) is -0.148. The van der Waals surface area contributed by atoms with E-state index >= 15 is 0 Å². The number of thiazole rings is 1. The normalized spacial score (nSPS) is 13.7. The van der Waals surface area contributed by atoms with Crippen molar-refractivity contribution in [2.75, 3.05) is 16.2 Å². The van der Waals surface area contributed by atoms with Crippen molar-refractivity contribution in [3.8, 4) is 10.4 Å². The SMILES string of the molecule is CCc1nc(NC(C)=O)sc1-c1ccc2c(c1)CCCN2S(=O)(=O)c1ccccc1. The molecule has 0 radical (unpaired) electrons. The smallest absolute Gasteiger partial charge is 0.264 e. The molecule has 2 aromatic carbocycles. The molecule has 0 bridgehead atoms. The average Bonchev–Trinajstić information content (AvgIpc) is 3.15. The highest BCUT2D eigenvalue weighted by Crippen LogP contribution is 2.38. The topological polar surface area (TPSA) is 79.4 Å². The van der Waals surface area contributed by atoms with Gasteiger partial charge in [-0.3, -0.25) is 9.10 Å². The Kier molecular flexibility index (Phi) is 5.62. The van der Waals surface area contributed by atoms with Crippen LogP contribution < -0.4 is 9.62 Å². The Morgan fingerprint density at radius 2 is 1.97 bits per heavy atom. The van der Waals surface area contributed by atoms with E-state index in [2.05, 4.69) is 16.4 Å². The molecule has 1 aliphatic heterocycles. The molecule has 30 heavy (non-hydrogen) atoms. The first-order chi connectivity index (χ1) is 14.4. The van der Waals surface area contributed by atoms with Crippen molar-refractivity contribution in [2.45, 2.75) is 38.0 Å². The number of fused-ring (bicyclic) bond motifs is 1. The lowest BCUT2D eigenvalue weighted by Crippen LogP contribution is -2.35. The van der Waals surface area contributed by atoms with Gasteiger partial charge in [-0.1, -0.05) is 42.5 Å². The van der Waals surface area contributed by atoms with Crippen LogP contribution in [0.4, 0.5) is 10.8 Å². The highest BCUT2D eigenvalue weighted by molar-refractivity contribution is 7.92. The van der Waals surface area contributed by atoms with E-state index < -0.39 is 10.0 Å². The lowest BCUT2D eigenvalue weighted by molar-refractivity contribution is -0.114. The van der Waals surface area contributed by atoms with E-state index in [0.29, 0.717) is 16.6 Å². The molecular weight excluding hydrogens is 418 g/mol. The molecule has 1 N–H and O–H groups in total. The summed E-state index contributed by atoms with van der Waals surface area (Å²) < 4.78 is 27.9. The Bertz CT molecular complexity index is 1190. The number of benzene rings is 2. The second-order valence-electron chi connectivity index (χ2n) is 7.17. The number of carbonyl (C=O) groups is 1. The van der Waals surface area contributed by atoms with Gasteiger partial charge in [0.2, 0.25) is 5.91 Å². The fourth-order valence-electron chi connectivity index (χ4n) is 3.69. The number of carbonyl (C=O) groups excluding carboxylic acids is 1. The summed E-state index contributed by atoms with van der Waals surface area (Å²) in [5, 5.41) is 3.34. The van der Waals surface area contributed by atoms with E-state index in [-0.39, 0.29) is 5.91 Å². The molecule has 2 heterocycles. The zero-order chi connectivity index (χ0) is 21.3. The van der Waals surface area contributed by atoms with Crippen LogP contribution in [0.2, 0.25) is 0 Å². The van der Waals surface area contributed by atoms with E-state index in [1.54, 1.807) is 24.3 Å². The minimum Gasteiger partial charge on any atom is -0.302 e. The Hall–Kier alpha value is -2.71. The number of aryl methyl sites for hydroxylation is 2. The van der Waals surface area contributed by atoms with Crippen LogP contribution in [0, 0.1) is 0 Å². The molecule has 0 spiro atoms. The third-order valence-electron chi connectivity index (χ3n) is 5.06. The summed E-state index contributed by atoms with van der Waals surface area (Å²) in [5.41, 5.74) is 3.67. The molecule has 0 saturated carbocycles. The summed E-state index contributed by atoms with van der Waals surface area (Å²) in [4.78, 5) is 17.2. The van der Waals surface area contributed by atoms with Crippen LogP contribution in [0.5, 0.6) is 0 Å². The molecule has 6 nitrogen and oxygen atoms in total. The molecule has 8 heteroatoms. The van der Waals surface area contributed by atoms with Crippen LogP contribution >= 0.6 is 11.3 Å². The second kappa shape index (κ2) is 8.20. The zero-order valence-corrected chi connectivity index (χ0v) is 18.5. The van der Waals surface area contributed by atoms with Gasteiger partial charge in [0, 0.05) is 13.5 Å². The quantitative estimate of drug-likeness (QED) is 0.633. The molecule has 156 valence electrons. The van der Waals surface area contributed by atoms with Gasteiger partial charge in [0.15, 0.2) is 5.13 Å². The molecule has 0 unspecified atom stereocenters. The standard InChI is InChI=1S/C22H23N3O3S2/c1-3-19-21(29-22(24-19)23-15(2)26)17-11-12-20-16(14-17)8-7-13-25(20)30(27,28)18-9-5-4-6-10-18/h4-6,9-12,14H,3,7-8,13H2,1-2H3,(H,23,24,26). The lowest BCUT2D eigenvalue weighted by Gasteiger charge is -2.30. The van der Waals surface area contributed by atoms with Crippen molar-refractivity contribution in [3.05, 3.63) is 59.8 Å². The van der Waals surface area contributed by atoms with Crippen molar-refractivity contribution in [1.29, 1.82) is 0 Å². The predicted molar refractivity (Wildman–Crippen MR) is 121 cm³/mol. The molecule has 0 fully saturated rings. The zero-order valence-electron chi connectivity index (χ0n) is 16.9. The van der Waals surface area contributed by atoms with Crippen molar-refractivity contribution >= 4 is 38.1 Å². The van der Waals surface area contributed by atoms with Crippen molar-refractivity contribution in [1.82, 2.24) is 4.98 Å². The third-order valence-corrected chi connectivity index (χ3v) is 7.95. The summed E-state index contributed by atoms with van der Waals surface area (Å²) in [6.45, 7) is 3.97. The highest BCUT2D eigenvalue weighted by Gasteiger charge is 2.29. The Morgan fingerprint density at radius 1 is 1.20 bits per heavy atom. The fourth-order valence-corrected chi connectivity index (χ4v) is 6.35. The molecule has 4 rings (SSSR count).